The Balaban J connectivity index is 1.76. The summed E-state index contributed by atoms with van der Waals surface area (Å²) in [6.07, 6.45) is 4.60. The second kappa shape index (κ2) is 8.11. The van der Waals surface area contributed by atoms with Crippen molar-refractivity contribution in [2.75, 3.05) is 7.11 Å². The molecule has 0 saturated heterocycles. The van der Waals surface area contributed by atoms with Gasteiger partial charge in [0.25, 0.3) is 0 Å². The van der Waals surface area contributed by atoms with Crippen molar-refractivity contribution in [2.45, 2.75) is 30.5 Å². The molecule has 0 fully saturated rings. The SMILES string of the molecule is COc1cccc(CC(Br)CCCc2ccccc2)c1. The third kappa shape index (κ3) is 5.01. The van der Waals surface area contributed by atoms with E-state index in [1.807, 2.05) is 6.07 Å². The fourth-order valence-corrected chi connectivity index (χ4v) is 3.03. The summed E-state index contributed by atoms with van der Waals surface area (Å²) in [7, 11) is 1.71. The van der Waals surface area contributed by atoms with E-state index in [4.69, 9.17) is 4.74 Å². The topological polar surface area (TPSA) is 9.23 Å². The lowest BCUT2D eigenvalue weighted by molar-refractivity contribution is 0.414. The van der Waals surface area contributed by atoms with Gasteiger partial charge >= 0.3 is 0 Å². The van der Waals surface area contributed by atoms with Crippen LogP contribution in [0.2, 0.25) is 0 Å². The molecule has 0 N–H and O–H groups in total. The highest BCUT2D eigenvalue weighted by Gasteiger charge is 2.06. The van der Waals surface area contributed by atoms with Crippen LogP contribution in [0.15, 0.2) is 54.6 Å². The zero-order valence-corrected chi connectivity index (χ0v) is 13.5. The van der Waals surface area contributed by atoms with Crippen LogP contribution in [0.3, 0.4) is 0 Å². The molecule has 0 aromatic heterocycles. The van der Waals surface area contributed by atoms with Gasteiger partial charge < -0.3 is 4.74 Å². The summed E-state index contributed by atoms with van der Waals surface area (Å²) in [5.74, 6) is 0.937. The summed E-state index contributed by atoms with van der Waals surface area (Å²) in [4.78, 5) is 0.526. The molecule has 0 saturated carbocycles. The molecular formula is C18H21BrO. The molecule has 2 heteroatoms. The van der Waals surface area contributed by atoms with Gasteiger partial charge in [0.2, 0.25) is 0 Å². The largest absolute Gasteiger partial charge is 0.497 e. The van der Waals surface area contributed by atoms with Crippen molar-refractivity contribution in [3.05, 3.63) is 65.7 Å². The zero-order valence-electron chi connectivity index (χ0n) is 11.9. The molecule has 2 aromatic carbocycles. The Kier molecular flexibility index (Phi) is 6.13. The van der Waals surface area contributed by atoms with Crippen molar-refractivity contribution in [1.29, 1.82) is 0 Å². The molecule has 0 heterocycles. The van der Waals surface area contributed by atoms with Crippen molar-refractivity contribution < 1.29 is 4.74 Å². The van der Waals surface area contributed by atoms with Gasteiger partial charge in [-0.25, -0.2) is 0 Å². The maximum atomic E-state index is 5.26. The standard InChI is InChI=1S/C18H21BrO/c1-20-18-12-6-10-16(14-18)13-17(19)11-5-9-15-7-3-2-4-8-15/h2-4,6-8,10,12,14,17H,5,9,11,13H2,1H3. The molecule has 0 aliphatic heterocycles. The highest BCUT2D eigenvalue weighted by Crippen LogP contribution is 2.20. The fourth-order valence-electron chi connectivity index (χ4n) is 2.33. The van der Waals surface area contributed by atoms with Gasteiger partial charge in [-0.2, -0.15) is 0 Å². The average molecular weight is 333 g/mol. The van der Waals surface area contributed by atoms with Crippen LogP contribution in [0.25, 0.3) is 0 Å². The maximum absolute atomic E-state index is 5.26. The summed E-state index contributed by atoms with van der Waals surface area (Å²) in [6, 6.07) is 19.0. The van der Waals surface area contributed by atoms with E-state index in [9.17, 15) is 0 Å². The second-order valence-corrected chi connectivity index (χ2v) is 6.33. The Morgan fingerprint density at radius 1 is 1.00 bits per heavy atom. The first-order valence-electron chi connectivity index (χ1n) is 7.09. The Labute approximate surface area is 130 Å². The molecule has 1 atom stereocenters. The van der Waals surface area contributed by atoms with Gasteiger partial charge in [0.05, 0.1) is 7.11 Å². The number of halogens is 1. The Morgan fingerprint density at radius 3 is 2.50 bits per heavy atom. The minimum absolute atomic E-state index is 0.526. The summed E-state index contributed by atoms with van der Waals surface area (Å²) in [6.45, 7) is 0. The third-order valence-corrected chi connectivity index (χ3v) is 4.20. The Morgan fingerprint density at radius 2 is 1.75 bits per heavy atom. The highest BCUT2D eigenvalue weighted by molar-refractivity contribution is 9.09. The van der Waals surface area contributed by atoms with Gasteiger partial charge in [-0.15, -0.1) is 0 Å². The highest BCUT2D eigenvalue weighted by atomic mass is 79.9. The fraction of sp³-hybridized carbons (Fsp3) is 0.333. The number of aryl methyl sites for hydroxylation is 1. The van der Waals surface area contributed by atoms with Gasteiger partial charge in [-0.1, -0.05) is 58.4 Å². The molecule has 2 rings (SSSR count). The van der Waals surface area contributed by atoms with E-state index in [-0.39, 0.29) is 0 Å². The summed E-state index contributed by atoms with van der Waals surface area (Å²) in [5.41, 5.74) is 2.75. The smallest absolute Gasteiger partial charge is 0.119 e. The molecule has 0 spiro atoms. The van der Waals surface area contributed by atoms with Crippen LogP contribution in [-0.4, -0.2) is 11.9 Å². The number of rotatable bonds is 7. The minimum Gasteiger partial charge on any atom is -0.497 e. The summed E-state index contributed by atoms with van der Waals surface area (Å²) in [5, 5.41) is 0. The predicted molar refractivity (Wildman–Crippen MR) is 88.8 cm³/mol. The maximum Gasteiger partial charge on any atom is 0.119 e. The van der Waals surface area contributed by atoms with Crippen LogP contribution in [0, 0.1) is 0 Å². The van der Waals surface area contributed by atoms with Crippen LogP contribution >= 0.6 is 15.9 Å². The monoisotopic (exact) mass is 332 g/mol. The lowest BCUT2D eigenvalue weighted by Crippen LogP contribution is -2.03. The van der Waals surface area contributed by atoms with Gasteiger partial charge in [-0.05, 0) is 48.9 Å². The first-order chi connectivity index (χ1) is 9.78. The number of hydrogen-bond acceptors (Lipinski definition) is 1. The molecule has 106 valence electrons. The molecule has 2 aromatic rings. The van der Waals surface area contributed by atoms with E-state index in [2.05, 4.69) is 64.5 Å². The second-order valence-electron chi connectivity index (χ2n) is 5.03. The number of methoxy groups -OCH3 is 1. The molecule has 20 heavy (non-hydrogen) atoms. The van der Waals surface area contributed by atoms with E-state index in [1.165, 1.54) is 24.0 Å². The van der Waals surface area contributed by atoms with E-state index in [0.717, 1.165) is 18.6 Å². The summed E-state index contributed by atoms with van der Waals surface area (Å²) < 4.78 is 5.26. The first kappa shape index (κ1) is 15.1. The van der Waals surface area contributed by atoms with Crippen molar-refractivity contribution in [1.82, 2.24) is 0 Å². The number of alkyl halides is 1. The van der Waals surface area contributed by atoms with E-state index in [0.29, 0.717) is 4.83 Å². The molecule has 0 aliphatic rings. The third-order valence-electron chi connectivity index (χ3n) is 3.42. The van der Waals surface area contributed by atoms with Crippen LogP contribution in [-0.2, 0) is 12.8 Å². The average Bonchev–Trinajstić information content (AvgIpc) is 2.48. The van der Waals surface area contributed by atoms with E-state index < -0.39 is 0 Å². The van der Waals surface area contributed by atoms with Gasteiger partial charge in [-0.3, -0.25) is 0 Å². The number of benzene rings is 2. The molecule has 0 bridgehead atoms. The minimum atomic E-state index is 0.526. The number of ether oxygens (including phenoxy) is 1. The Hall–Kier alpha value is -1.28. The predicted octanol–water partition coefficient (Wildman–Crippen LogP) is 5.02. The van der Waals surface area contributed by atoms with Gasteiger partial charge in [0, 0.05) is 4.83 Å². The normalized spacial score (nSPS) is 12.1. The molecule has 0 radical (unpaired) electrons. The lowest BCUT2D eigenvalue weighted by atomic mass is 10.0. The molecule has 1 unspecified atom stereocenters. The lowest BCUT2D eigenvalue weighted by Gasteiger charge is -2.11. The van der Waals surface area contributed by atoms with Crippen molar-refractivity contribution in [3.8, 4) is 5.75 Å². The van der Waals surface area contributed by atoms with Gasteiger partial charge in [0.15, 0.2) is 0 Å². The van der Waals surface area contributed by atoms with Crippen LogP contribution < -0.4 is 4.74 Å². The zero-order chi connectivity index (χ0) is 14.2. The van der Waals surface area contributed by atoms with Gasteiger partial charge in [0.1, 0.15) is 5.75 Å². The molecule has 0 aliphatic carbocycles. The van der Waals surface area contributed by atoms with E-state index >= 15 is 0 Å². The first-order valence-corrected chi connectivity index (χ1v) is 8.00. The molecule has 1 nitrogen and oxygen atoms in total. The Bertz CT molecular complexity index is 510. The van der Waals surface area contributed by atoms with Crippen molar-refractivity contribution in [3.63, 3.8) is 0 Å². The van der Waals surface area contributed by atoms with Crippen molar-refractivity contribution in [2.24, 2.45) is 0 Å². The van der Waals surface area contributed by atoms with E-state index in [1.54, 1.807) is 7.11 Å². The van der Waals surface area contributed by atoms with Crippen LogP contribution in [0.1, 0.15) is 24.0 Å². The molecular weight excluding hydrogens is 312 g/mol. The van der Waals surface area contributed by atoms with Crippen LogP contribution in [0.4, 0.5) is 0 Å². The molecule has 0 amide bonds. The van der Waals surface area contributed by atoms with Crippen LogP contribution in [0.5, 0.6) is 5.75 Å². The quantitative estimate of drug-likeness (QED) is 0.646. The summed E-state index contributed by atoms with van der Waals surface area (Å²) >= 11 is 3.79. The van der Waals surface area contributed by atoms with Crippen molar-refractivity contribution >= 4 is 15.9 Å². The number of hydrogen-bond donors (Lipinski definition) is 0.